The lowest BCUT2D eigenvalue weighted by atomic mass is 10.1. The molecule has 1 unspecified atom stereocenters. The first-order valence-electron chi connectivity index (χ1n) is 9.81. The first-order valence-corrected chi connectivity index (χ1v) is 10.2. The van der Waals surface area contributed by atoms with Crippen LogP contribution >= 0.6 is 11.6 Å². The summed E-state index contributed by atoms with van der Waals surface area (Å²) in [6.45, 7) is 6.23. The van der Waals surface area contributed by atoms with Gasteiger partial charge in [-0.25, -0.2) is 4.39 Å². The zero-order valence-electron chi connectivity index (χ0n) is 16.8. The van der Waals surface area contributed by atoms with Crippen LogP contribution in [0.25, 0.3) is 11.4 Å². The predicted octanol–water partition coefficient (Wildman–Crippen LogP) is 4.36. The fourth-order valence-corrected chi connectivity index (χ4v) is 3.70. The third-order valence-corrected chi connectivity index (χ3v) is 5.65. The Balaban J connectivity index is 1.40. The van der Waals surface area contributed by atoms with Gasteiger partial charge in [0, 0.05) is 36.8 Å². The van der Waals surface area contributed by atoms with Crippen LogP contribution in [0, 0.1) is 12.7 Å². The molecule has 1 saturated heterocycles. The van der Waals surface area contributed by atoms with E-state index in [9.17, 15) is 9.18 Å². The van der Waals surface area contributed by atoms with Crippen molar-refractivity contribution in [3.8, 4) is 11.4 Å². The minimum atomic E-state index is -0.560. The Morgan fingerprint density at radius 2 is 1.83 bits per heavy atom. The van der Waals surface area contributed by atoms with E-state index in [0.29, 0.717) is 42.9 Å². The summed E-state index contributed by atoms with van der Waals surface area (Å²) in [7, 11) is 0. The largest absolute Gasteiger partial charge is 0.337 e. The van der Waals surface area contributed by atoms with Gasteiger partial charge in [-0.1, -0.05) is 46.6 Å². The summed E-state index contributed by atoms with van der Waals surface area (Å²) in [5.41, 5.74) is 2.08. The maximum atomic E-state index is 14.0. The van der Waals surface area contributed by atoms with Crippen molar-refractivity contribution in [1.82, 2.24) is 19.9 Å². The van der Waals surface area contributed by atoms with Crippen molar-refractivity contribution in [1.29, 1.82) is 0 Å². The number of aromatic nitrogens is 2. The number of hydrogen-bond donors (Lipinski definition) is 0. The van der Waals surface area contributed by atoms with Crippen molar-refractivity contribution in [2.45, 2.75) is 19.9 Å². The second-order valence-corrected chi connectivity index (χ2v) is 7.89. The van der Waals surface area contributed by atoms with Crippen LogP contribution in [0.15, 0.2) is 47.0 Å². The highest BCUT2D eigenvalue weighted by molar-refractivity contribution is 6.31. The lowest BCUT2D eigenvalue weighted by molar-refractivity contribution is 0.0547. The van der Waals surface area contributed by atoms with Gasteiger partial charge in [0.15, 0.2) is 0 Å². The highest BCUT2D eigenvalue weighted by Crippen LogP contribution is 2.24. The fraction of sp³-hybridized carbons (Fsp3) is 0.318. The van der Waals surface area contributed by atoms with Gasteiger partial charge in [-0.3, -0.25) is 9.69 Å². The third-order valence-electron chi connectivity index (χ3n) is 5.42. The normalized spacial score (nSPS) is 15.9. The molecule has 2 aromatic carbocycles. The van der Waals surface area contributed by atoms with Crippen LogP contribution in [0.2, 0.25) is 5.02 Å². The number of aryl methyl sites for hydroxylation is 1. The average molecular weight is 429 g/mol. The number of carbonyl (C=O) groups excluding carboxylic acids is 1. The molecule has 156 valence electrons. The molecule has 0 radical (unpaired) electrons. The van der Waals surface area contributed by atoms with Crippen molar-refractivity contribution >= 4 is 17.5 Å². The third kappa shape index (κ3) is 4.22. The van der Waals surface area contributed by atoms with E-state index in [1.165, 1.54) is 23.8 Å². The molecule has 1 amide bonds. The number of nitrogens with zero attached hydrogens (tertiary/aromatic N) is 4. The second-order valence-electron chi connectivity index (χ2n) is 7.45. The number of rotatable bonds is 4. The minimum absolute atomic E-state index is 0.00337. The van der Waals surface area contributed by atoms with Crippen molar-refractivity contribution in [3.05, 3.63) is 70.3 Å². The zero-order valence-corrected chi connectivity index (χ0v) is 17.6. The molecule has 0 aliphatic carbocycles. The van der Waals surface area contributed by atoms with Crippen molar-refractivity contribution < 1.29 is 13.7 Å². The van der Waals surface area contributed by atoms with E-state index in [0.717, 1.165) is 5.56 Å². The highest BCUT2D eigenvalue weighted by atomic mass is 35.5. The topological polar surface area (TPSA) is 62.5 Å². The molecule has 0 saturated carbocycles. The lowest BCUT2D eigenvalue weighted by Gasteiger charge is -2.36. The maximum absolute atomic E-state index is 14.0. The van der Waals surface area contributed by atoms with Gasteiger partial charge < -0.3 is 9.42 Å². The van der Waals surface area contributed by atoms with Crippen LogP contribution in [0.3, 0.4) is 0 Å². The van der Waals surface area contributed by atoms with Gasteiger partial charge >= 0.3 is 0 Å². The van der Waals surface area contributed by atoms with Crippen LogP contribution in [0.5, 0.6) is 0 Å². The van der Waals surface area contributed by atoms with Crippen LogP contribution < -0.4 is 0 Å². The predicted molar refractivity (Wildman–Crippen MR) is 112 cm³/mol. The monoisotopic (exact) mass is 428 g/mol. The van der Waals surface area contributed by atoms with E-state index in [4.69, 9.17) is 16.1 Å². The first kappa shape index (κ1) is 20.5. The Morgan fingerprint density at radius 3 is 2.53 bits per heavy atom. The molecular formula is C22H22ClFN4O2. The molecular weight excluding hydrogens is 407 g/mol. The lowest BCUT2D eigenvalue weighted by Crippen LogP contribution is -2.49. The molecule has 30 heavy (non-hydrogen) atoms. The highest BCUT2D eigenvalue weighted by Gasteiger charge is 2.29. The van der Waals surface area contributed by atoms with Crippen LogP contribution in [0.1, 0.15) is 34.8 Å². The molecule has 1 aromatic heterocycles. The number of carbonyl (C=O) groups is 1. The molecule has 3 aromatic rings. The molecule has 1 atom stereocenters. The Bertz CT molecular complexity index is 1050. The zero-order chi connectivity index (χ0) is 21.3. The average Bonchev–Trinajstić information content (AvgIpc) is 3.25. The number of piperazine rings is 1. The number of amides is 1. The summed E-state index contributed by atoms with van der Waals surface area (Å²) in [6.07, 6.45) is 0. The van der Waals surface area contributed by atoms with Gasteiger partial charge in [-0.05, 0) is 32.0 Å². The fourth-order valence-electron chi connectivity index (χ4n) is 3.53. The molecule has 8 heteroatoms. The standard InChI is InChI=1S/C22H22ClFN4O2/c1-14-3-5-16(6-4-14)20-25-21(30-26-20)15(2)27-9-11-28(12-10-27)22(29)18-13-17(23)7-8-19(18)24/h3-8,13,15H,9-12H2,1-2H3. The molecule has 0 spiro atoms. The second kappa shape index (κ2) is 8.53. The van der Waals surface area contributed by atoms with Gasteiger partial charge in [0.05, 0.1) is 11.6 Å². The van der Waals surface area contributed by atoms with Gasteiger partial charge in [0.1, 0.15) is 5.82 Å². The summed E-state index contributed by atoms with van der Waals surface area (Å²) in [5, 5.41) is 4.44. The van der Waals surface area contributed by atoms with E-state index < -0.39 is 5.82 Å². The van der Waals surface area contributed by atoms with Crippen molar-refractivity contribution in [2.24, 2.45) is 0 Å². The van der Waals surface area contributed by atoms with E-state index in [1.54, 1.807) is 4.90 Å². The molecule has 0 N–H and O–H groups in total. The molecule has 1 fully saturated rings. The van der Waals surface area contributed by atoms with Gasteiger partial charge in [-0.2, -0.15) is 4.98 Å². The summed E-state index contributed by atoms with van der Waals surface area (Å²) >= 11 is 5.92. The number of halogens is 2. The molecule has 2 heterocycles. The molecule has 6 nitrogen and oxygen atoms in total. The van der Waals surface area contributed by atoms with E-state index in [-0.39, 0.29) is 17.5 Å². The Hall–Kier alpha value is -2.77. The smallest absolute Gasteiger partial charge is 0.256 e. The van der Waals surface area contributed by atoms with Crippen LogP contribution in [-0.4, -0.2) is 52.0 Å². The molecule has 1 aliphatic heterocycles. The minimum Gasteiger partial charge on any atom is -0.337 e. The summed E-state index contributed by atoms with van der Waals surface area (Å²) in [4.78, 5) is 21.0. The van der Waals surface area contributed by atoms with Gasteiger partial charge in [-0.15, -0.1) is 0 Å². The van der Waals surface area contributed by atoms with E-state index in [2.05, 4.69) is 15.0 Å². The van der Waals surface area contributed by atoms with Crippen molar-refractivity contribution in [2.75, 3.05) is 26.2 Å². The summed E-state index contributed by atoms with van der Waals surface area (Å²) in [6, 6.07) is 11.9. The van der Waals surface area contributed by atoms with Gasteiger partial charge in [0.25, 0.3) is 5.91 Å². The Labute approximate surface area is 179 Å². The number of hydrogen-bond acceptors (Lipinski definition) is 5. The maximum Gasteiger partial charge on any atom is 0.256 e. The number of benzene rings is 2. The summed E-state index contributed by atoms with van der Waals surface area (Å²) in [5.74, 6) is 0.185. The molecule has 1 aliphatic rings. The quantitative estimate of drug-likeness (QED) is 0.618. The van der Waals surface area contributed by atoms with Crippen molar-refractivity contribution in [3.63, 3.8) is 0 Å². The summed E-state index contributed by atoms with van der Waals surface area (Å²) < 4.78 is 19.5. The molecule has 4 rings (SSSR count). The van der Waals surface area contributed by atoms with E-state index in [1.807, 2.05) is 38.1 Å². The SMILES string of the molecule is Cc1ccc(-c2noc(C(C)N3CCN(C(=O)c4cc(Cl)ccc4F)CC3)n2)cc1. The van der Waals surface area contributed by atoms with E-state index >= 15 is 0 Å². The molecule has 0 bridgehead atoms. The Morgan fingerprint density at radius 1 is 1.13 bits per heavy atom. The first-order chi connectivity index (χ1) is 14.4. The van der Waals surface area contributed by atoms with Gasteiger partial charge in [0.2, 0.25) is 11.7 Å². The van der Waals surface area contributed by atoms with Crippen LogP contribution in [0.4, 0.5) is 4.39 Å². The Kier molecular flexibility index (Phi) is 5.83. The van der Waals surface area contributed by atoms with Crippen LogP contribution in [-0.2, 0) is 0 Å².